The van der Waals surface area contributed by atoms with Crippen LogP contribution in [0.3, 0.4) is 0 Å². The number of thiazole rings is 1. The summed E-state index contributed by atoms with van der Waals surface area (Å²) in [6.45, 7) is 10.6. The molecule has 28 heavy (non-hydrogen) atoms. The van der Waals surface area contributed by atoms with Crippen LogP contribution in [0.4, 0.5) is 10.5 Å². The number of aryl methyl sites for hydroxylation is 1. The molecule has 1 aliphatic carbocycles. The summed E-state index contributed by atoms with van der Waals surface area (Å²) < 4.78 is 5.50. The van der Waals surface area contributed by atoms with Crippen molar-refractivity contribution < 1.29 is 9.53 Å². The number of anilines is 1. The Hall–Kier alpha value is -2.41. The molecule has 1 saturated heterocycles. The molecule has 1 aliphatic heterocycles. The highest BCUT2D eigenvalue weighted by Crippen LogP contribution is 2.36. The maximum absolute atomic E-state index is 12.3. The fraction of sp³-hybridized carbons (Fsp3) is 0.476. The van der Waals surface area contributed by atoms with Gasteiger partial charge in [-0.25, -0.2) is 9.78 Å². The third kappa shape index (κ3) is 3.90. The Morgan fingerprint density at radius 1 is 1.21 bits per heavy atom. The van der Waals surface area contributed by atoms with Crippen LogP contribution in [-0.2, 0) is 11.2 Å². The molecule has 7 heteroatoms. The smallest absolute Gasteiger partial charge is 0.410 e. The van der Waals surface area contributed by atoms with E-state index in [1.54, 1.807) is 16.2 Å². The number of pyridine rings is 1. The Labute approximate surface area is 169 Å². The van der Waals surface area contributed by atoms with Crippen molar-refractivity contribution in [3.63, 3.8) is 0 Å². The monoisotopic (exact) mass is 398 g/mol. The average Bonchev–Trinajstić information content (AvgIpc) is 3.26. The van der Waals surface area contributed by atoms with Gasteiger partial charge in [-0.2, -0.15) is 0 Å². The van der Waals surface area contributed by atoms with E-state index in [9.17, 15) is 4.79 Å². The minimum Gasteiger partial charge on any atom is -0.444 e. The number of allylic oxidation sites excluding steroid dienone is 1. The highest BCUT2D eigenvalue weighted by molar-refractivity contribution is 7.09. The van der Waals surface area contributed by atoms with Gasteiger partial charge < -0.3 is 14.5 Å². The van der Waals surface area contributed by atoms with Crippen molar-refractivity contribution in [3.05, 3.63) is 39.6 Å². The summed E-state index contributed by atoms with van der Waals surface area (Å²) in [6, 6.07) is 2.08. The van der Waals surface area contributed by atoms with E-state index in [1.807, 2.05) is 33.9 Å². The van der Waals surface area contributed by atoms with Crippen LogP contribution >= 0.6 is 11.3 Å². The molecule has 4 rings (SSSR count). The van der Waals surface area contributed by atoms with Gasteiger partial charge in [0.05, 0.1) is 16.4 Å². The number of hydrogen-bond donors (Lipinski definition) is 0. The summed E-state index contributed by atoms with van der Waals surface area (Å²) in [5, 5.41) is 3.20. The quantitative estimate of drug-likeness (QED) is 0.765. The number of fused-ring (bicyclic) bond motifs is 1. The van der Waals surface area contributed by atoms with Gasteiger partial charge in [0.2, 0.25) is 0 Å². The maximum Gasteiger partial charge on any atom is 0.410 e. The minimum absolute atomic E-state index is 0.229. The van der Waals surface area contributed by atoms with E-state index in [-0.39, 0.29) is 6.09 Å². The SMILES string of the molecule is Cc1nc(C2=Cc3c(N4CCN(C(=O)OC(C)(C)C)CC4)ccnc3C2)cs1. The predicted octanol–water partition coefficient (Wildman–Crippen LogP) is 4.00. The van der Waals surface area contributed by atoms with Crippen molar-refractivity contribution in [1.29, 1.82) is 0 Å². The molecule has 1 fully saturated rings. The molecule has 0 spiro atoms. The lowest BCUT2D eigenvalue weighted by Gasteiger charge is -2.37. The standard InChI is InChI=1S/C21H26N4O2S/c1-14-23-18(13-28-14)15-11-16-17(12-15)22-6-5-19(16)24-7-9-25(10-8-24)20(26)27-21(2,3)4/h5-6,11,13H,7-10,12H2,1-4H3. The van der Waals surface area contributed by atoms with E-state index >= 15 is 0 Å². The van der Waals surface area contributed by atoms with Crippen LogP contribution in [0.1, 0.15) is 42.7 Å². The van der Waals surface area contributed by atoms with Gasteiger partial charge >= 0.3 is 6.09 Å². The van der Waals surface area contributed by atoms with Gasteiger partial charge in [-0.3, -0.25) is 4.98 Å². The second kappa shape index (κ2) is 7.20. The zero-order valence-electron chi connectivity index (χ0n) is 16.9. The molecule has 2 aliphatic rings. The highest BCUT2D eigenvalue weighted by Gasteiger charge is 2.28. The van der Waals surface area contributed by atoms with E-state index in [1.165, 1.54) is 16.8 Å². The Morgan fingerprint density at radius 2 is 1.96 bits per heavy atom. The van der Waals surface area contributed by atoms with Gasteiger partial charge in [-0.05, 0) is 45.4 Å². The van der Waals surface area contributed by atoms with Crippen LogP contribution < -0.4 is 4.90 Å². The minimum atomic E-state index is -0.463. The summed E-state index contributed by atoms with van der Waals surface area (Å²) in [4.78, 5) is 25.7. The second-order valence-electron chi connectivity index (χ2n) is 8.24. The second-order valence-corrected chi connectivity index (χ2v) is 9.31. The number of carbonyl (C=O) groups excluding carboxylic acids is 1. The Bertz CT molecular complexity index is 921. The lowest BCUT2D eigenvalue weighted by atomic mass is 10.1. The number of nitrogens with zero attached hydrogens (tertiary/aromatic N) is 4. The largest absolute Gasteiger partial charge is 0.444 e. The molecule has 6 nitrogen and oxygen atoms in total. The maximum atomic E-state index is 12.3. The van der Waals surface area contributed by atoms with E-state index in [0.29, 0.717) is 13.1 Å². The molecule has 0 saturated carbocycles. The normalized spacial score (nSPS) is 16.8. The number of hydrogen-bond acceptors (Lipinski definition) is 6. The fourth-order valence-electron chi connectivity index (χ4n) is 3.62. The Morgan fingerprint density at radius 3 is 2.61 bits per heavy atom. The summed E-state index contributed by atoms with van der Waals surface area (Å²) in [6.07, 6.45) is 4.71. The van der Waals surface area contributed by atoms with Crippen molar-refractivity contribution in [1.82, 2.24) is 14.9 Å². The molecule has 0 bridgehead atoms. The van der Waals surface area contributed by atoms with Gasteiger partial charge in [0.15, 0.2) is 0 Å². The van der Waals surface area contributed by atoms with Crippen molar-refractivity contribution >= 4 is 34.8 Å². The van der Waals surface area contributed by atoms with Crippen molar-refractivity contribution in [2.75, 3.05) is 31.1 Å². The summed E-state index contributed by atoms with van der Waals surface area (Å²) >= 11 is 1.68. The molecular weight excluding hydrogens is 372 g/mol. The van der Waals surface area contributed by atoms with Crippen LogP contribution in [-0.4, -0.2) is 52.7 Å². The number of amides is 1. The van der Waals surface area contributed by atoms with Crippen LogP contribution in [0.5, 0.6) is 0 Å². The van der Waals surface area contributed by atoms with E-state index < -0.39 is 5.60 Å². The van der Waals surface area contributed by atoms with Gasteiger partial charge in [-0.15, -0.1) is 11.3 Å². The van der Waals surface area contributed by atoms with E-state index in [4.69, 9.17) is 4.74 Å². The number of rotatable bonds is 2. The molecule has 2 aromatic rings. The van der Waals surface area contributed by atoms with E-state index in [2.05, 4.69) is 32.4 Å². The first-order chi connectivity index (χ1) is 13.3. The number of carbonyl (C=O) groups is 1. The van der Waals surface area contributed by atoms with E-state index in [0.717, 1.165) is 35.9 Å². The molecule has 148 valence electrons. The summed E-state index contributed by atoms with van der Waals surface area (Å²) in [7, 11) is 0. The molecule has 0 atom stereocenters. The molecule has 0 radical (unpaired) electrons. The van der Waals surface area contributed by atoms with Gasteiger partial charge in [0.1, 0.15) is 5.60 Å². The topological polar surface area (TPSA) is 58.6 Å². The van der Waals surface area contributed by atoms with Gasteiger partial charge in [0.25, 0.3) is 0 Å². The Balaban J connectivity index is 1.48. The van der Waals surface area contributed by atoms with Crippen molar-refractivity contribution in [3.8, 4) is 0 Å². The number of ether oxygens (including phenoxy) is 1. The van der Waals surface area contributed by atoms with Crippen LogP contribution in [0.15, 0.2) is 17.6 Å². The first kappa shape index (κ1) is 18.9. The lowest BCUT2D eigenvalue weighted by Crippen LogP contribution is -2.50. The first-order valence-electron chi connectivity index (χ1n) is 9.64. The Kier molecular flexibility index (Phi) is 4.87. The molecule has 1 amide bonds. The predicted molar refractivity (Wildman–Crippen MR) is 113 cm³/mol. The third-order valence-corrected chi connectivity index (χ3v) is 5.72. The molecular formula is C21H26N4O2S. The zero-order chi connectivity index (χ0) is 19.9. The van der Waals surface area contributed by atoms with Crippen LogP contribution in [0.2, 0.25) is 0 Å². The summed E-state index contributed by atoms with van der Waals surface area (Å²) in [5.74, 6) is 0. The van der Waals surface area contributed by atoms with Crippen LogP contribution in [0.25, 0.3) is 11.6 Å². The van der Waals surface area contributed by atoms with Gasteiger partial charge in [-0.1, -0.05) is 0 Å². The highest BCUT2D eigenvalue weighted by atomic mass is 32.1. The van der Waals surface area contributed by atoms with Gasteiger partial charge in [0, 0.05) is 55.4 Å². The fourth-order valence-corrected chi connectivity index (χ4v) is 4.25. The summed E-state index contributed by atoms with van der Waals surface area (Å²) in [5.41, 5.74) is 5.31. The van der Waals surface area contributed by atoms with Crippen molar-refractivity contribution in [2.45, 2.75) is 39.7 Å². The molecule has 3 heterocycles. The molecule has 0 unspecified atom stereocenters. The lowest BCUT2D eigenvalue weighted by molar-refractivity contribution is 0.0240. The number of piperazine rings is 1. The first-order valence-corrected chi connectivity index (χ1v) is 10.5. The average molecular weight is 399 g/mol. The molecule has 0 N–H and O–H groups in total. The number of aromatic nitrogens is 2. The third-order valence-electron chi connectivity index (χ3n) is 4.95. The van der Waals surface area contributed by atoms with Crippen molar-refractivity contribution in [2.24, 2.45) is 0 Å². The zero-order valence-corrected chi connectivity index (χ0v) is 17.7. The molecule has 2 aromatic heterocycles. The van der Waals surface area contributed by atoms with Crippen LogP contribution in [0, 0.1) is 6.92 Å². The molecule has 0 aromatic carbocycles.